The van der Waals surface area contributed by atoms with Gasteiger partial charge in [0, 0.05) is 14.1 Å². The molecule has 0 aromatic carbocycles. The highest BCUT2D eigenvalue weighted by Gasteiger charge is 2.29. The van der Waals surface area contributed by atoms with E-state index in [2.05, 4.69) is 9.97 Å². The van der Waals surface area contributed by atoms with E-state index in [9.17, 15) is 21.6 Å². The molecule has 0 aliphatic rings. The Kier molecular flexibility index (Phi) is 4.56. The molecule has 19 heavy (non-hydrogen) atoms. The normalized spacial score (nSPS) is 12.3. The second kappa shape index (κ2) is 5.59. The van der Waals surface area contributed by atoms with Crippen LogP contribution in [0.1, 0.15) is 6.42 Å². The van der Waals surface area contributed by atoms with Crippen molar-refractivity contribution in [2.75, 3.05) is 29.5 Å². The van der Waals surface area contributed by atoms with Crippen LogP contribution < -0.4 is 9.62 Å². The average molecular weight is 298 g/mol. The van der Waals surface area contributed by atoms with E-state index in [4.69, 9.17) is 0 Å². The van der Waals surface area contributed by atoms with Crippen molar-refractivity contribution >= 4 is 21.7 Å². The zero-order chi connectivity index (χ0) is 14.7. The Bertz CT molecular complexity index is 513. The Hall–Kier alpha value is -1.58. The van der Waals surface area contributed by atoms with E-state index in [0.29, 0.717) is 5.95 Å². The van der Waals surface area contributed by atoms with E-state index < -0.39 is 28.4 Å². The third kappa shape index (κ3) is 5.73. The predicted octanol–water partition coefficient (Wildman–Crippen LogP) is 1.24. The summed E-state index contributed by atoms with van der Waals surface area (Å²) in [6.45, 7) is 0. The van der Waals surface area contributed by atoms with Crippen LogP contribution in [-0.4, -0.2) is 44.4 Å². The van der Waals surface area contributed by atoms with Gasteiger partial charge in [-0.05, 0) is 0 Å². The number of halogens is 3. The van der Waals surface area contributed by atoms with E-state index in [1.807, 2.05) is 4.72 Å². The smallest absolute Gasteiger partial charge is 0.347 e. The number of hydrogen-bond acceptors (Lipinski definition) is 5. The van der Waals surface area contributed by atoms with Gasteiger partial charge in [0.05, 0.1) is 30.3 Å². The van der Waals surface area contributed by atoms with Gasteiger partial charge in [-0.25, -0.2) is 18.4 Å². The number of anilines is 2. The van der Waals surface area contributed by atoms with Crippen LogP contribution in [0.2, 0.25) is 0 Å². The van der Waals surface area contributed by atoms with Crippen molar-refractivity contribution in [1.82, 2.24) is 9.97 Å². The summed E-state index contributed by atoms with van der Waals surface area (Å²) < 4.78 is 60.6. The topological polar surface area (TPSA) is 75.2 Å². The van der Waals surface area contributed by atoms with Gasteiger partial charge in [-0.2, -0.15) is 13.2 Å². The van der Waals surface area contributed by atoms with Gasteiger partial charge in [0.2, 0.25) is 16.0 Å². The van der Waals surface area contributed by atoms with Gasteiger partial charge < -0.3 is 4.90 Å². The standard InChI is InChI=1S/C9H13F3N4O2S/c1-16(2)8-13-5-7(6-14-8)15-19(17,18)4-3-9(10,11)12/h5-6,15H,3-4H2,1-2H3. The molecule has 0 saturated carbocycles. The van der Waals surface area contributed by atoms with Crippen LogP contribution in [0, 0.1) is 0 Å². The van der Waals surface area contributed by atoms with Crippen LogP contribution in [0.4, 0.5) is 24.8 Å². The molecule has 1 rings (SSSR count). The van der Waals surface area contributed by atoms with Crippen molar-refractivity contribution in [2.24, 2.45) is 0 Å². The number of rotatable bonds is 5. The largest absolute Gasteiger partial charge is 0.390 e. The summed E-state index contributed by atoms with van der Waals surface area (Å²) in [5.74, 6) is -0.676. The van der Waals surface area contributed by atoms with Crippen molar-refractivity contribution in [3.63, 3.8) is 0 Å². The first kappa shape index (κ1) is 15.5. The van der Waals surface area contributed by atoms with Gasteiger partial charge >= 0.3 is 6.18 Å². The average Bonchev–Trinajstić information content (AvgIpc) is 2.26. The first-order valence-corrected chi connectivity index (χ1v) is 6.81. The SMILES string of the molecule is CN(C)c1ncc(NS(=O)(=O)CCC(F)(F)F)cn1. The van der Waals surface area contributed by atoms with Crippen molar-refractivity contribution in [1.29, 1.82) is 0 Å². The molecule has 1 aromatic heterocycles. The number of alkyl halides is 3. The summed E-state index contributed by atoms with van der Waals surface area (Å²) in [5.41, 5.74) is 0.0211. The number of nitrogens with zero attached hydrogens (tertiary/aromatic N) is 3. The summed E-state index contributed by atoms with van der Waals surface area (Å²) in [5, 5.41) is 0. The maximum absolute atomic E-state index is 11.9. The molecule has 1 aromatic rings. The van der Waals surface area contributed by atoms with Gasteiger partial charge in [-0.3, -0.25) is 4.72 Å². The molecular formula is C9H13F3N4O2S. The van der Waals surface area contributed by atoms with Crippen LogP contribution in [-0.2, 0) is 10.0 Å². The highest BCUT2D eigenvalue weighted by atomic mass is 32.2. The van der Waals surface area contributed by atoms with E-state index in [0.717, 1.165) is 0 Å². The minimum atomic E-state index is -4.51. The van der Waals surface area contributed by atoms with Gasteiger partial charge in [0.1, 0.15) is 0 Å². The fourth-order valence-corrected chi connectivity index (χ4v) is 2.15. The third-order valence-electron chi connectivity index (χ3n) is 1.97. The molecule has 0 aliphatic heterocycles. The molecule has 1 heterocycles. The third-order valence-corrected chi connectivity index (χ3v) is 3.25. The van der Waals surface area contributed by atoms with E-state index >= 15 is 0 Å². The Morgan fingerprint density at radius 3 is 2.21 bits per heavy atom. The van der Waals surface area contributed by atoms with Gasteiger partial charge in [0.15, 0.2) is 0 Å². The molecule has 0 unspecified atom stereocenters. The van der Waals surface area contributed by atoms with Crippen molar-refractivity contribution < 1.29 is 21.6 Å². The number of sulfonamides is 1. The summed E-state index contributed by atoms with van der Waals surface area (Å²) in [7, 11) is -0.671. The Morgan fingerprint density at radius 1 is 1.26 bits per heavy atom. The molecule has 108 valence electrons. The number of aromatic nitrogens is 2. The first-order chi connectivity index (χ1) is 8.59. The quantitative estimate of drug-likeness (QED) is 0.885. The minimum absolute atomic E-state index is 0.0211. The lowest BCUT2D eigenvalue weighted by atomic mass is 10.5. The second-order valence-corrected chi connectivity index (χ2v) is 5.79. The predicted molar refractivity (Wildman–Crippen MR) is 64.4 cm³/mol. The molecule has 0 bridgehead atoms. The van der Waals surface area contributed by atoms with Crippen molar-refractivity contribution in [3.05, 3.63) is 12.4 Å². The molecule has 0 aliphatic carbocycles. The van der Waals surface area contributed by atoms with Crippen molar-refractivity contribution in [2.45, 2.75) is 12.6 Å². The summed E-state index contributed by atoms with van der Waals surface area (Å²) in [6.07, 6.45) is -3.54. The van der Waals surface area contributed by atoms with Crippen LogP contribution >= 0.6 is 0 Å². The fraction of sp³-hybridized carbons (Fsp3) is 0.556. The molecule has 10 heteroatoms. The summed E-state index contributed by atoms with van der Waals surface area (Å²) in [6, 6.07) is 0. The van der Waals surface area contributed by atoms with Gasteiger partial charge in [-0.1, -0.05) is 0 Å². The van der Waals surface area contributed by atoms with Gasteiger partial charge in [-0.15, -0.1) is 0 Å². The van der Waals surface area contributed by atoms with Crippen LogP contribution in [0.3, 0.4) is 0 Å². The molecule has 0 spiro atoms. The molecule has 0 atom stereocenters. The monoisotopic (exact) mass is 298 g/mol. The van der Waals surface area contributed by atoms with Crippen LogP contribution in [0.15, 0.2) is 12.4 Å². The highest BCUT2D eigenvalue weighted by Crippen LogP contribution is 2.20. The molecule has 0 amide bonds. The van der Waals surface area contributed by atoms with E-state index in [-0.39, 0.29) is 5.69 Å². The number of nitrogens with one attached hydrogen (secondary N) is 1. The zero-order valence-corrected chi connectivity index (χ0v) is 11.1. The van der Waals surface area contributed by atoms with Gasteiger partial charge in [0.25, 0.3) is 0 Å². The highest BCUT2D eigenvalue weighted by molar-refractivity contribution is 7.92. The molecule has 1 N–H and O–H groups in total. The maximum atomic E-state index is 11.9. The molecule has 6 nitrogen and oxygen atoms in total. The second-order valence-electron chi connectivity index (χ2n) is 3.95. The number of hydrogen-bond donors (Lipinski definition) is 1. The minimum Gasteiger partial charge on any atom is -0.347 e. The maximum Gasteiger partial charge on any atom is 0.390 e. The van der Waals surface area contributed by atoms with Crippen LogP contribution in [0.5, 0.6) is 0 Å². The fourth-order valence-electron chi connectivity index (χ4n) is 1.09. The summed E-state index contributed by atoms with van der Waals surface area (Å²) >= 11 is 0. The van der Waals surface area contributed by atoms with Crippen molar-refractivity contribution in [3.8, 4) is 0 Å². The van der Waals surface area contributed by atoms with E-state index in [1.165, 1.54) is 12.4 Å². The molecular weight excluding hydrogens is 285 g/mol. The Balaban J connectivity index is 2.68. The lowest BCUT2D eigenvalue weighted by Crippen LogP contribution is -2.22. The summed E-state index contributed by atoms with van der Waals surface area (Å²) in [4.78, 5) is 9.27. The Labute approximate surface area is 108 Å². The molecule has 0 radical (unpaired) electrons. The molecule has 0 fully saturated rings. The zero-order valence-electron chi connectivity index (χ0n) is 10.3. The Morgan fingerprint density at radius 2 is 1.79 bits per heavy atom. The molecule has 0 saturated heterocycles. The van der Waals surface area contributed by atoms with Crippen LogP contribution in [0.25, 0.3) is 0 Å². The lowest BCUT2D eigenvalue weighted by Gasteiger charge is -2.11. The van der Waals surface area contributed by atoms with E-state index in [1.54, 1.807) is 19.0 Å². The lowest BCUT2D eigenvalue weighted by molar-refractivity contribution is -0.129. The first-order valence-electron chi connectivity index (χ1n) is 5.16.